The monoisotopic (exact) mass is 304 g/mol. The lowest BCUT2D eigenvalue weighted by Gasteiger charge is -1.85. The summed E-state index contributed by atoms with van der Waals surface area (Å²) in [4.78, 5) is 31.0. The van der Waals surface area contributed by atoms with Crippen LogP contribution in [0.3, 0.4) is 0 Å². The van der Waals surface area contributed by atoms with Gasteiger partial charge in [-0.1, -0.05) is 0 Å². The number of hydrogen-bond acceptors (Lipinski definition) is 7. The molecule has 9 heteroatoms. The first-order valence-corrected chi connectivity index (χ1v) is 5.84. The predicted molar refractivity (Wildman–Crippen MR) is 73.8 cm³/mol. The Labute approximate surface area is 122 Å². The van der Waals surface area contributed by atoms with Crippen LogP contribution >= 0.6 is 0 Å². The third-order valence-corrected chi connectivity index (χ3v) is 2.41. The number of carbonyl (C=O) groups is 1. The lowest BCUT2D eigenvalue weighted by Crippen LogP contribution is -1.84. The second-order valence-corrected chi connectivity index (χ2v) is 3.94. The molecular formula is C13H8N2O7. The van der Waals surface area contributed by atoms with E-state index in [-0.39, 0.29) is 11.5 Å². The van der Waals surface area contributed by atoms with Crippen molar-refractivity contribution in [3.05, 3.63) is 68.2 Å². The topological polar surface area (TPSA) is 130 Å². The van der Waals surface area contributed by atoms with Gasteiger partial charge in [-0.2, -0.15) is 0 Å². The van der Waals surface area contributed by atoms with E-state index in [2.05, 4.69) is 0 Å². The standard InChI is InChI=1S/C13H8N2O7/c16-9(1-3-10-5-7-12(21-10)14(17)18)2-4-11-6-8-13(22-11)15(19)20/h1-8H/b3-1+,4-2+. The molecule has 2 aromatic rings. The molecule has 0 bridgehead atoms. The van der Waals surface area contributed by atoms with Gasteiger partial charge in [-0.05, 0) is 36.4 Å². The van der Waals surface area contributed by atoms with Crippen molar-refractivity contribution in [3.63, 3.8) is 0 Å². The molecule has 0 amide bonds. The summed E-state index contributed by atoms with van der Waals surface area (Å²) in [6, 6.07) is 5.03. The number of rotatable bonds is 6. The molecule has 0 fully saturated rings. The van der Waals surface area contributed by atoms with Gasteiger partial charge in [-0.25, -0.2) is 0 Å². The molecule has 0 spiro atoms. The molecule has 0 radical (unpaired) electrons. The largest absolute Gasteiger partial charge is 0.433 e. The molecule has 0 aromatic carbocycles. The first-order chi connectivity index (χ1) is 10.5. The lowest BCUT2D eigenvalue weighted by molar-refractivity contribution is -0.402. The Kier molecular flexibility index (Phi) is 4.27. The molecule has 9 nitrogen and oxygen atoms in total. The first-order valence-electron chi connectivity index (χ1n) is 5.84. The fraction of sp³-hybridized carbons (Fsp3) is 0. The summed E-state index contributed by atoms with van der Waals surface area (Å²) < 4.78 is 9.66. The van der Waals surface area contributed by atoms with Gasteiger partial charge in [0.15, 0.2) is 5.78 Å². The zero-order valence-electron chi connectivity index (χ0n) is 10.9. The van der Waals surface area contributed by atoms with Gasteiger partial charge in [-0.3, -0.25) is 25.0 Å². The van der Waals surface area contributed by atoms with E-state index in [4.69, 9.17) is 8.83 Å². The summed E-state index contributed by atoms with van der Waals surface area (Å²) >= 11 is 0. The van der Waals surface area contributed by atoms with E-state index in [1.807, 2.05) is 0 Å². The third-order valence-electron chi connectivity index (χ3n) is 2.41. The van der Waals surface area contributed by atoms with Gasteiger partial charge in [0.2, 0.25) is 0 Å². The molecule has 0 N–H and O–H groups in total. The van der Waals surface area contributed by atoms with E-state index < -0.39 is 27.4 Å². The molecule has 112 valence electrons. The highest BCUT2D eigenvalue weighted by Gasteiger charge is 2.11. The van der Waals surface area contributed by atoms with Crippen molar-refractivity contribution in [1.82, 2.24) is 0 Å². The van der Waals surface area contributed by atoms with Gasteiger partial charge < -0.3 is 8.83 Å². The average Bonchev–Trinajstić information content (AvgIpc) is 3.12. The smallest absolute Gasteiger partial charge is 0.401 e. The van der Waals surface area contributed by atoms with Gasteiger partial charge in [-0.15, -0.1) is 0 Å². The normalized spacial score (nSPS) is 11.3. The Morgan fingerprint density at radius 1 is 0.864 bits per heavy atom. The van der Waals surface area contributed by atoms with Crippen LogP contribution < -0.4 is 0 Å². The molecule has 2 aromatic heterocycles. The first kappa shape index (κ1) is 14.9. The quantitative estimate of drug-likeness (QED) is 0.455. The van der Waals surface area contributed by atoms with E-state index in [1.165, 1.54) is 36.4 Å². The third kappa shape index (κ3) is 3.76. The summed E-state index contributed by atoms with van der Waals surface area (Å²) in [5.41, 5.74) is 0. The zero-order chi connectivity index (χ0) is 16.1. The van der Waals surface area contributed by atoms with Gasteiger partial charge >= 0.3 is 11.8 Å². The molecule has 2 heterocycles. The highest BCUT2D eigenvalue weighted by Crippen LogP contribution is 2.18. The summed E-state index contributed by atoms with van der Waals surface area (Å²) in [6.45, 7) is 0. The van der Waals surface area contributed by atoms with Crippen LogP contribution in [0.4, 0.5) is 11.8 Å². The fourth-order valence-corrected chi connectivity index (χ4v) is 1.44. The molecule has 0 atom stereocenters. The number of ketones is 1. The van der Waals surface area contributed by atoms with Crippen LogP contribution in [-0.2, 0) is 4.79 Å². The van der Waals surface area contributed by atoms with Crippen LogP contribution in [0.2, 0.25) is 0 Å². The van der Waals surface area contributed by atoms with Crippen molar-refractivity contribution in [1.29, 1.82) is 0 Å². The summed E-state index contributed by atoms with van der Waals surface area (Å²) in [7, 11) is 0. The number of allylic oxidation sites excluding steroid dienone is 2. The lowest BCUT2D eigenvalue weighted by atomic mass is 10.3. The van der Waals surface area contributed by atoms with Gasteiger partial charge in [0.05, 0.1) is 12.1 Å². The minimum Gasteiger partial charge on any atom is -0.401 e. The highest BCUT2D eigenvalue weighted by molar-refractivity contribution is 6.04. The Bertz CT molecular complexity index is 718. The minimum absolute atomic E-state index is 0.155. The van der Waals surface area contributed by atoms with Crippen LogP contribution in [0.5, 0.6) is 0 Å². The highest BCUT2D eigenvalue weighted by atomic mass is 16.7. The van der Waals surface area contributed by atoms with E-state index in [1.54, 1.807) is 0 Å². The second-order valence-electron chi connectivity index (χ2n) is 3.94. The predicted octanol–water partition coefficient (Wildman–Crippen LogP) is 2.98. The number of nitro groups is 2. The molecule has 2 rings (SSSR count). The SMILES string of the molecule is O=C(/C=C/c1ccc([N+](=O)[O-])o1)/C=C/c1ccc([N+](=O)[O-])o1. The fourth-order valence-electron chi connectivity index (χ4n) is 1.44. The van der Waals surface area contributed by atoms with Gasteiger partial charge in [0.25, 0.3) is 0 Å². The van der Waals surface area contributed by atoms with E-state index in [0.29, 0.717) is 0 Å². The van der Waals surface area contributed by atoms with Crippen LogP contribution in [-0.4, -0.2) is 15.6 Å². The second kappa shape index (κ2) is 6.31. The van der Waals surface area contributed by atoms with Crippen molar-refractivity contribution in [3.8, 4) is 0 Å². The summed E-state index contributed by atoms with van der Waals surface area (Å²) in [6.07, 6.45) is 4.81. The molecule has 0 unspecified atom stereocenters. The van der Waals surface area contributed by atoms with Crippen LogP contribution in [0, 0.1) is 20.2 Å². The summed E-state index contributed by atoms with van der Waals surface area (Å²) in [5.74, 6) is -0.988. The number of furan rings is 2. The Morgan fingerprint density at radius 3 is 1.59 bits per heavy atom. The van der Waals surface area contributed by atoms with Crippen LogP contribution in [0.25, 0.3) is 12.2 Å². The number of nitrogens with zero attached hydrogens (tertiary/aromatic N) is 2. The minimum atomic E-state index is -0.692. The van der Waals surface area contributed by atoms with Crippen molar-refractivity contribution >= 4 is 29.7 Å². The maximum Gasteiger partial charge on any atom is 0.433 e. The van der Waals surface area contributed by atoms with E-state index in [0.717, 1.165) is 12.2 Å². The molecule has 0 aliphatic rings. The van der Waals surface area contributed by atoms with Crippen molar-refractivity contribution in [2.45, 2.75) is 0 Å². The van der Waals surface area contributed by atoms with Crippen molar-refractivity contribution in [2.75, 3.05) is 0 Å². The Morgan fingerprint density at radius 2 is 1.27 bits per heavy atom. The molecule has 22 heavy (non-hydrogen) atoms. The summed E-state index contributed by atoms with van der Waals surface area (Å²) in [5, 5.41) is 20.8. The molecule has 0 aliphatic heterocycles. The van der Waals surface area contributed by atoms with E-state index >= 15 is 0 Å². The Hall–Kier alpha value is -3.49. The molecule has 0 aliphatic carbocycles. The Balaban J connectivity index is 1.98. The maximum absolute atomic E-state index is 11.5. The zero-order valence-corrected chi connectivity index (χ0v) is 10.9. The van der Waals surface area contributed by atoms with Gasteiger partial charge in [0.1, 0.15) is 21.4 Å². The average molecular weight is 304 g/mol. The molecular weight excluding hydrogens is 296 g/mol. The van der Waals surface area contributed by atoms with E-state index in [9.17, 15) is 25.0 Å². The van der Waals surface area contributed by atoms with Crippen molar-refractivity contribution < 1.29 is 23.5 Å². The molecule has 0 saturated heterocycles. The van der Waals surface area contributed by atoms with Crippen LogP contribution in [0.15, 0.2) is 45.3 Å². The molecule has 0 saturated carbocycles. The number of carbonyl (C=O) groups excluding carboxylic acids is 1. The van der Waals surface area contributed by atoms with Gasteiger partial charge in [0, 0.05) is 0 Å². The van der Waals surface area contributed by atoms with Crippen molar-refractivity contribution in [2.24, 2.45) is 0 Å². The van der Waals surface area contributed by atoms with Crippen LogP contribution in [0.1, 0.15) is 11.5 Å². The number of hydrogen-bond donors (Lipinski definition) is 0. The maximum atomic E-state index is 11.5.